The van der Waals surface area contributed by atoms with Gasteiger partial charge in [0.25, 0.3) is 5.91 Å². The molecule has 3 rings (SSSR count). The molecule has 0 aliphatic carbocycles. The van der Waals surface area contributed by atoms with E-state index >= 15 is 0 Å². The van der Waals surface area contributed by atoms with Gasteiger partial charge in [-0.25, -0.2) is 4.98 Å². The average Bonchev–Trinajstić information content (AvgIpc) is 3.25. The van der Waals surface area contributed by atoms with Gasteiger partial charge in [0.05, 0.1) is 11.8 Å². The molecule has 0 spiro atoms. The summed E-state index contributed by atoms with van der Waals surface area (Å²) in [6.07, 6.45) is 0.300. The highest BCUT2D eigenvalue weighted by Gasteiger charge is 2.21. The molecular weight excluding hydrogens is 426 g/mol. The van der Waals surface area contributed by atoms with Crippen LogP contribution in [0.4, 0.5) is 5.13 Å². The molecule has 0 radical (unpaired) electrons. The Hall–Kier alpha value is -4.23. The average molecular weight is 448 g/mol. The van der Waals surface area contributed by atoms with Gasteiger partial charge in [-0.1, -0.05) is 42.5 Å². The summed E-state index contributed by atoms with van der Waals surface area (Å²) in [7, 11) is 0. The summed E-state index contributed by atoms with van der Waals surface area (Å²) in [6.45, 7) is -0.135. The molecule has 0 saturated heterocycles. The van der Waals surface area contributed by atoms with E-state index in [1.165, 1.54) is 11.3 Å². The number of benzene rings is 2. The molecule has 1 heterocycles. The first-order chi connectivity index (χ1) is 15.5. The molecule has 2 amide bonds. The van der Waals surface area contributed by atoms with Crippen LogP contribution in [0.1, 0.15) is 15.9 Å². The van der Waals surface area contributed by atoms with E-state index in [0.29, 0.717) is 22.8 Å². The van der Waals surface area contributed by atoms with Crippen molar-refractivity contribution in [1.29, 1.82) is 5.26 Å². The highest BCUT2D eigenvalue weighted by atomic mass is 32.1. The van der Waals surface area contributed by atoms with Gasteiger partial charge in [-0.3, -0.25) is 9.59 Å². The molecule has 1 atom stereocenters. The van der Waals surface area contributed by atoms with Crippen molar-refractivity contribution in [3.8, 4) is 17.3 Å². The van der Waals surface area contributed by atoms with Crippen LogP contribution < -0.4 is 22.1 Å². The summed E-state index contributed by atoms with van der Waals surface area (Å²) in [5, 5.41) is 16.2. The van der Waals surface area contributed by atoms with Gasteiger partial charge in [-0.15, -0.1) is 11.3 Å². The molecule has 9 nitrogen and oxygen atoms in total. The maximum absolute atomic E-state index is 12.8. The number of thiazole rings is 1. The van der Waals surface area contributed by atoms with Crippen LogP contribution in [0.5, 0.6) is 0 Å². The van der Waals surface area contributed by atoms with E-state index in [-0.39, 0.29) is 12.5 Å². The van der Waals surface area contributed by atoms with Crippen LogP contribution in [0.15, 0.2) is 65.0 Å². The molecule has 1 unspecified atom stereocenters. The predicted molar refractivity (Wildman–Crippen MR) is 123 cm³/mol. The minimum Gasteiger partial charge on any atom is -0.370 e. The summed E-state index contributed by atoms with van der Waals surface area (Å²) in [4.78, 5) is 33.5. The molecule has 162 valence electrons. The summed E-state index contributed by atoms with van der Waals surface area (Å²) in [6, 6.07) is 17.2. The number of hydrogen-bond donors (Lipinski definition) is 4. The number of carbonyl (C=O) groups excluding carboxylic acids is 2. The van der Waals surface area contributed by atoms with Crippen molar-refractivity contribution in [3.63, 3.8) is 0 Å². The molecule has 32 heavy (non-hydrogen) atoms. The van der Waals surface area contributed by atoms with E-state index in [0.717, 1.165) is 11.1 Å². The van der Waals surface area contributed by atoms with Gasteiger partial charge in [-0.05, 0) is 17.7 Å². The van der Waals surface area contributed by atoms with Gasteiger partial charge in [0.1, 0.15) is 12.6 Å². The van der Waals surface area contributed by atoms with Crippen LogP contribution in [0.3, 0.4) is 0 Å². The third-order valence-corrected chi connectivity index (χ3v) is 5.14. The fraction of sp³-hybridized carbons (Fsp3) is 0.136. The Kier molecular flexibility index (Phi) is 7.51. The van der Waals surface area contributed by atoms with Crippen LogP contribution in [-0.4, -0.2) is 35.3 Å². The van der Waals surface area contributed by atoms with E-state index in [2.05, 4.69) is 20.6 Å². The maximum Gasteiger partial charge on any atom is 0.251 e. The zero-order valence-corrected chi connectivity index (χ0v) is 17.8. The number of nitrogens with one attached hydrogen (secondary N) is 2. The molecule has 0 aliphatic heterocycles. The van der Waals surface area contributed by atoms with Gasteiger partial charge in [0.15, 0.2) is 5.96 Å². The standard InChI is InChI=1S/C22H21N7O2S/c23-10-11-26-20(31)17(12-14-4-2-1-3-5-14)27-19(30)16-8-6-15(7-9-16)18-13-32-22(28-18)29-21(24)25/h1-9,13,17H,11-12H2,(H,26,31)(H,27,30)(H4,24,25,28,29). The van der Waals surface area contributed by atoms with Gasteiger partial charge in [-0.2, -0.15) is 10.3 Å². The minimum absolute atomic E-state index is 0.0678. The van der Waals surface area contributed by atoms with Crippen LogP contribution in [-0.2, 0) is 11.2 Å². The minimum atomic E-state index is -0.821. The second kappa shape index (κ2) is 10.7. The molecular formula is C22H21N7O2S. The predicted octanol–water partition coefficient (Wildman–Crippen LogP) is 1.70. The number of aliphatic imine (C=N–C) groups is 1. The van der Waals surface area contributed by atoms with Crippen molar-refractivity contribution in [3.05, 3.63) is 71.1 Å². The number of carbonyl (C=O) groups is 2. The van der Waals surface area contributed by atoms with E-state index in [1.807, 2.05) is 41.8 Å². The van der Waals surface area contributed by atoms with Crippen LogP contribution >= 0.6 is 11.3 Å². The smallest absolute Gasteiger partial charge is 0.251 e. The number of guanidine groups is 1. The molecule has 0 saturated carbocycles. The third-order valence-electron chi connectivity index (χ3n) is 4.41. The van der Waals surface area contributed by atoms with Crippen LogP contribution in [0.2, 0.25) is 0 Å². The second-order valence-electron chi connectivity index (χ2n) is 6.72. The number of nitrogens with two attached hydrogens (primary N) is 2. The normalized spacial score (nSPS) is 11.1. The zero-order valence-electron chi connectivity index (χ0n) is 17.0. The Morgan fingerprint density at radius 2 is 1.84 bits per heavy atom. The topological polar surface area (TPSA) is 159 Å². The summed E-state index contributed by atoms with van der Waals surface area (Å²) < 4.78 is 0. The first-order valence-corrected chi connectivity index (χ1v) is 10.5. The Morgan fingerprint density at radius 1 is 1.12 bits per heavy atom. The number of aromatic nitrogens is 1. The molecule has 0 fully saturated rings. The number of nitrogens with zero attached hydrogens (tertiary/aromatic N) is 3. The lowest BCUT2D eigenvalue weighted by Crippen LogP contribution is -2.48. The lowest BCUT2D eigenvalue weighted by Gasteiger charge is -2.18. The Balaban J connectivity index is 1.72. The molecule has 0 aliphatic rings. The number of nitriles is 1. The highest BCUT2D eigenvalue weighted by Crippen LogP contribution is 2.26. The van der Waals surface area contributed by atoms with Crippen LogP contribution in [0.25, 0.3) is 11.3 Å². The fourth-order valence-corrected chi connectivity index (χ4v) is 3.62. The quantitative estimate of drug-likeness (QED) is 0.234. The van der Waals surface area contributed by atoms with E-state index < -0.39 is 17.9 Å². The lowest BCUT2D eigenvalue weighted by atomic mass is 10.0. The first-order valence-electron chi connectivity index (χ1n) is 9.61. The number of hydrogen-bond acceptors (Lipinski definition) is 6. The molecule has 3 aromatic rings. The highest BCUT2D eigenvalue weighted by molar-refractivity contribution is 7.13. The molecule has 2 aromatic carbocycles. The van der Waals surface area contributed by atoms with Crippen molar-refractivity contribution in [2.45, 2.75) is 12.5 Å². The van der Waals surface area contributed by atoms with Gasteiger partial charge < -0.3 is 22.1 Å². The molecule has 0 bridgehead atoms. The lowest BCUT2D eigenvalue weighted by molar-refractivity contribution is -0.122. The second-order valence-corrected chi connectivity index (χ2v) is 7.56. The molecule has 10 heteroatoms. The number of rotatable bonds is 8. The van der Waals surface area contributed by atoms with Crippen LogP contribution in [0, 0.1) is 11.3 Å². The third kappa shape index (κ3) is 6.13. The zero-order chi connectivity index (χ0) is 22.9. The Labute approximate surface area is 188 Å². The summed E-state index contributed by atoms with van der Waals surface area (Å²) >= 11 is 1.30. The van der Waals surface area contributed by atoms with Crippen molar-refractivity contribution < 1.29 is 9.59 Å². The van der Waals surface area contributed by atoms with Crippen molar-refractivity contribution >= 4 is 34.2 Å². The Bertz CT molecular complexity index is 1150. The van der Waals surface area contributed by atoms with E-state index in [1.54, 1.807) is 24.3 Å². The largest absolute Gasteiger partial charge is 0.370 e. The molecule has 1 aromatic heterocycles. The summed E-state index contributed by atoms with van der Waals surface area (Å²) in [5.74, 6) is -0.888. The van der Waals surface area contributed by atoms with E-state index in [4.69, 9.17) is 16.7 Å². The number of amides is 2. The SMILES string of the molecule is N#CCNC(=O)C(Cc1ccccc1)NC(=O)c1ccc(-c2csc(N=C(N)N)n2)cc1. The van der Waals surface area contributed by atoms with Crippen molar-refractivity contribution in [1.82, 2.24) is 15.6 Å². The van der Waals surface area contributed by atoms with Gasteiger partial charge in [0, 0.05) is 22.9 Å². The van der Waals surface area contributed by atoms with Crippen molar-refractivity contribution in [2.75, 3.05) is 6.54 Å². The monoisotopic (exact) mass is 447 g/mol. The van der Waals surface area contributed by atoms with Gasteiger partial charge in [0.2, 0.25) is 11.0 Å². The van der Waals surface area contributed by atoms with Crippen molar-refractivity contribution in [2.24, 2.45) is 16.5 Å². The fourth-order valence-electron chi connectivity index (χ4n) is 2.90. The van der Waals surface area contributed by atoms with Gasteiger partial charge >= 0.3 is 0 Å². The first kappa shape index (κ1) is 22.5. The van der Waals surface area contributed by atoms with E-state index in [9.17, 15) is 9.59 Å². The summed E-state index contributed by atoms with van der Waals surface area (Å²) in [5.41, 5.74) is 13.5. The molecule has 6 N–H and O–H groups in total. The maximum atomic E-state index is 12.8. The Morgan fingerprint density at radius 3 is 2.50 bits per heavy atom.